The second-order valence-electron chi connectivity index (χ2n) is 4.03. The van der Waals surface area contributed by atoms with E-state index in [9.17, 15) is 9.59 Å². The Morgan fingerprint density at radius 3 is 2.41 bits per heavy atom. The third-order valence-electron chi connectivity index (χ3n) is 1.96. The zero-order valence-corrected chi connectivity index (χ0v) is 10.7. The number of ether oxygens (including phenoxy) is 3. The van der Waals surface area contributed by atoms with E-state index in [-0.39, 0.29) is 18.4 Å². The Hall–Kier alpha value is -0.980. The largest absolute Gasteiger partial charge is 0.463 e. The highest BCUT2D eigenvalue weighted by atomic mass is 16.6. The molecular weight excluding hydrogens is 228 g/mol. The van der Waals surface area contributed by atoms with Crippen LogP contribution in [0.4, 0.5) is 0 Å². The summed E-state index contributed by atoms with van der Waals surface area (Å²) in [7, 11) is 1.46. The number of esters is 1. The molecule has 0 unspecified atom stereocenters. The Labute approximate surface area is 101 Å². The molecule has 1 N–H and O–H groups in total. The number of hydrogen-bond donors (Lipinski definition) is 1. The zero-order valence-electron chi connectivity index (χ0n) is 10.7. The molecule has 6 nitrogen and oxygen atoms in total. The average Bonchev–Trinajstić information content (AvgIpc) is 2.61. The molecule has 0 aromatic rings. The first kappa shape index (κ1) is 16.0. The number of methoxy groups -OCH3 is 1. The minimum absolute atomic E-state index is 0.0197. The van der Waals surface area contributed by atoms with E-state index in [1.54, 1.807) is 13.8 Å². The summed E-state index contributed by atoms with van der Waals surface area (Å²) in [6, 6.07) is 0. The van der Waals surface area contributed by atoms with Crippen LogP contribution < -0.4 is 0 Å². The lowest BCUT2D eigenvalue weighted by atomic mass is 10.2. The highest BCUT2D eigenvalue weighted by Crippen LogP contribution is 2.07. The fourth-order valence-corrected chi connectivity index (χ4v) is 0.890. The Balaban J connectivity index is 0.000000366. The first-order valence-corrected chi connectivity index (χ1v) is 5.31. The van der Waals surface area contributed by atoms with E-state index in [0.29, 0.717) is 13.0 Å². The molecule has 100 valence electrons. The smallest absolute Gasteiger partial charge is 0.302 e. The summed E-state index contributed by atoms with van der Waals surface area (Å²) in [6.45, 7) is 4.97. The third kappa shape index (κ3) is 8.79. The topological polar surface area (TPSA) is 82.1 Å². The minimum atomic E-state index is -0.958. The van der Waals surface area contributed by atoms with E-state index in [4.69, 9.17) is 9.84 Å². The molecule has 1 aliphatic rings. The molecule has 17 heavy (non-hydrogen) atoms. The fourth-order valence-electron chi connectivity index (χ4n) is 0.890. The summed E-state index contributed by atoms with van der Waals surface area (Å²) >= 11 is 0. The molecule has 1 heterocycles. The molecule has 0 radical (unpaired) electrons. The van der Waals surface area contributed by atoms with Gasteiger partial charge in [-0.1, -0.05) is 0 Å². The fraction of sp³-hybridized carbons (Fsp3) is 0.818. The van der Waals surface area contributed by atoms with Gasteiger partial charge in [-0.25, -0.2) is 0 Å². The van der Waals surface area contributed by atoms with Gasteiger partial charge in [0.25, 0.3) is 0 Å². The monoisotopic (exact) mass is 248 g/mol. The van der Waals surface area contributed by atoms with Crippen molar-refractivity contribution >= 4 is 11.8 Å². The van der Waals surface area contributed by atoms with E-state index in [2.05, 4.69) is 9.47 Å². The Kier molecular flexibility index (Phi) is 6.94. The molecule has 0 bridgehead atoms. The number of Topliss-reactive ketones (excluding diaryl/α,β-unsaturated/α-hetero) is 1. The van der Waals surface area contributed by atoms with Crippen molar-refractivity contribution in [2.75, 3.05) is 20.3 Å². The molecule has 6 heteroatoms. The van der Waals surface area contributed by atoms with E-state index in [0.717, 1.165) is 0 Å². The standard InChI is InChI=1S/C7H10O4.C4H10O2/c1-5(8)11-4-7-6(9)2-3-10-7;1-4(2,5)6-3/h7H,2-4H2,1H3;5H,1-3H3/t7-;/m1./s1. The maximum Gasteiger partial charge on any atom is 0.302 e. The van der Waals surface area contributed by atoms with Gasteiger partial charge < -0.3 is 19.3 Å². The van der Waals surface area contributed by atoms with Crippen molar-refractivity contribution in [3.63, 3.8) is 0 Å². The number of carbonyl (C=O) groups excluding carboxylic acids is 2. The number of rotatable bonds is 3. The lowest BCUT2D eigenvalue weighted by molar-refractivity contribution is -0.155. The van der Waals surface area contributed by atoms with Gasteiger partial charge in [-0.15, -0.1) is 0 Å². The van der Waals surface area contributed by atoms with Crippen LogP contribution >= 0.6 is 0 Å². The Morgan fingerprint density at radius 1 is 1.59 bits per heavy atom. The van der Waals surface area contributed by atoms with E-state index in [1.165, 1.54) is 14.0 Å². The van der Waals surface area contributed by atoms with Crippen molar-refractivity contribution in [2.24, 2.45) is 0 Å². The van der Waals surface area contributed by atoms with Crippen LogP contribution in [0.3, 0.4) is 0 Å². The highest BCUT2D eigenvalue weighted by Gasteiger charge is 2.25. The van der Waals surface area contributed by atoms with Crippen LogP contribution in [-0.4, -0.2) is 49.1 Å². The summed E-state index contributed by atoms with van der Waals surface area (Å²) in [4.78, 5) is 21.2. The SMILES string of the molecule is CC(=O)OC[C@H]1OCCC1=O.COC(C)(C)O. The van der Waals surface area contributed by atoms with Crippen LogP contribution in [0.25, 0.3) is 0 Å². The number of aliphatic hydroxyl groups is 1. The predicted molar refractivity (Wildman–Crippen MR) is 59.3 cm³/mol. The molecule has 1 atom stereocenters. The number of ketones is 1. The van der Waals surface area contributed by atoms with E-state index in [1.807, 2.05) is 0 Å². The quantitative estimate of drug-likeness (QED) is 0.570. The van der Waals surface area contributed by atoms with E-state index < -0.39 is 11.9 Å². The first-order chi connectivity index (χ1) is 7.76. The molecule has 0 aromatic heterocycles. The lowest BCUT2D eigenvalue weighted by Gasteiger charge is -2.12. The van der Waals surface area contributed by atoms with Crippen molar-refractivity contribution in [1.82, 2.24) is 0 Å². The molecule has 0 amide bonds. The van der Waals surface area contributed by atoms with Gasteiger partial charge in [0.1, 0.15) is 12.7 Å². The van der Waals surface area contributed by atoms with Gasteiger partial charge in [0.05, 0.1) is 6.61 Å². The maximum absolute atomic E-state index is 10.9. The van der Waals surface area contributed by atoms with Gasteiger partial charge in [-0.3, -0.25) is 9.59 Å². The molecule has 0 saturated carbocycles. The molecule has 1 rings (SSSR count). The lowest BCUT2D eigenvalue weighted by Crippen LogP contribution is -2.23. The van der Waals surface area contributed by atoms with Crippen molar-refractivity contribution in [3.8, 4) is 0 Å². The molecule has 1 aliphatic heterocycles. The van der Waals surface area contributed by atoms with Crippen molar-refractivity contribution in [2.45, 2.75) is 39.1 Å². The zero-order chi connectivity index (χ0) is 13.5. The van der Waals surface area contributed by atoms with Gasteiger partial charge >= 0.3 is 5.97 Å². The Morgan fingerprint density at radius 2 is 2.12 bits per heavy atom. The van der Waals surface area contributed by atoms with Crippen molar-refractivity contribution in [1.29, 1.82) is 0 Å². The third-order valence-corrected chi connectivity index (χ3v) is 1.96. The van der Waals surface area contributed by atoms with Crippen LogP contribution in [0.5, 0.6) is 0 Å². The summed E-state index contributed by atoms with van der Waals surface area (Å²) in [5, 5.41) is 8.60. The van der Waals surface area contributed by atoms with Gasteiger partial charge in [0.15, 0.2) is 11.6 Å². The van der Waals surface area contributed by atoms with Crippen LogP contribution in [-0.2, 0) is 23.8 Å². The molecular formula is C11H20O6. The summed E-state index contributed by atoms with van der Waals surface area (Å²) < 4.78 is 14.1. The molecule has 0 aliphatic carbocycles. The normalized spacial score (nSPS) is 19.6. The second kappa shape index (κ2) is 7.37. The molecule has 1 fully saturated rings. The van der Waals surface area contributed by atoms with Crippen molar-refractivity contribution < 1.29 is 28.9 Å². The van der Waals surface area contributed by atoms with Crippen LogP contribution in [0.1, 0.15) is 27.2 Å². The predicted octanol–water partition coefficient (Wildman–Crippen LogP) is 0.269. The van der Waals surface area contributed by atoms with E-state index >= 15 is 0 Å². The number of carbonyl (C=O) groups is 2. The second-order valence-corrected chi connectivity index (χ2v) is 4.03. The van der Waals surface area contributed by atoms with Crippen molar-refractivity contribution in [3.05, 3.63) is 0 Å². The summed E-state index contributed by atoms with van der Waals surface area (Å²) in [5.41, 5.74) is 0. The molecule has 0 aromatic carbocycles. The van der Waals surface area contributed by atoms with Gasteiger partial charge in [0, 0.05) is 20.5 Å². The number of hydrogen-bond acceptors (Lipinski definition) is 6. The average molecular weight is 248 g/mol. The van der Waals surface area contributed by atoms with Crippen LogP contribution in [0.15, 0.2) is 0 Å². The van der Waals surface area contributed by atoms with Gasteiger partial charge in [0.2, 0.25) is 0 Å². The van der Waals surface area contributed by atoms with Gasteiger partial charge in [-0.05, 0) is 13.8 Å². The molecule has 1 saturated heterocycles. The maximum atomic E-state index is 10.9. The van der Waals surface area contributed by atoms with Crippen LogP contribution in [0, 0.1) is 0 Å². The highest BCUT2D eigenvalue weighted by molar-refractivity contribution is 5.85. The molecule has 0 spiro atoms. The summed E-state index contributed by atoms with van der Waals surface area (Å²) in [5.74, 6) is -1.32. The van der Waals surface area contributed by atoms with Crippen LogP contribution in [0.2, 0.25) is 0 Å². The first-order valence-electron chi connectivity index (χ1n) is 5.31. The summed E-state index contributed by atoms with van der Waals surface area (Å²) in [6.07, 6.45) is -0.0785. The Bertz CT molecular complexity index is 255. The minimum Gasteiger partial charge on any atom is -0.463 e. The van der Waals surface area contributed by atoms with Gasteiger partial charge in [-0.2, -0.15) is 0 Å².